The van der Waals surface area contributed by atoms with Crippen LogP contribution in [0, 0.1) is 10.8 Å². The van der Waals surface area contributed by atoms with Crippen LogP contribution in [0.15, 0.2) is 30.3 Å². The van der Waals surface area contributed by atoms with Gasteiger partial charge in [0.1, 0.15) is 23.4 Å². The van der Waals surface area contributed by atoms with Crippen LogP contribution >= 0.6 is 0 Å². The number of alkyl carbamates (subject to hydrolysis) is 1. The molecule has 9 nitrogen and oxygen atoms in total. The van der Waals surface area contributed by atoms with Crippen LogP contribution in [0.4, 0.5) is 4.79 Å². The Hall–Kier alpha value is -3.33. The van der Waals surface area contributed by atoms with Gasteiger partial charge in [-0.3, -0.25) is 4.79 Å². The van der Waals surface area contributed by atoms with Gasteiger partial charge >= 0.3 is 12.1 Å². The number of aliphatic carboxylic acids is 1. The quantitative estimate of drug-likeness (QED) is 0.536. The van der Waals surface area contributed by atoms with E-state index in [0.29, 0.717) is 0 Å². The maximum atomic E-state index is 14.0. The minimum absolute atomic E-state index is 0.0413. The number of rotatable bonds is 3. The first kappa shape index (κ1) is 29.2. The van der Waals surface area contributed by atoms with Crippen molar-refractivity contribution in [1.29, 1.82) is 0 Å². The molecule has 0 unspecified atom stereocenters. The highest BCUT2D eigenvalue weighted by atomic mass is 16.5. The van der Waals surface area contributed by atoms with Crippen LogP contribution < -0.4 is 10.1 Å². The van der Waals surface area contributed by atoms with Gasteiger partial charge < -0.3 is 29.5 Å². The Labute approximate surface area is 241 Å². The maximum absolute atomic E-state index is 14.0. The molecule has 0 radical (unpaired) electrons. The van der Waals surface area contributed by atoms with Crippen LogP contribution in [0.25, 0.3) is 10.8 Å². The molecule has 1 saturated heterocycles. The third-order valence-electron chi connectivity index (χ3n) is 9.40. The van der Waals surface area contributed by atoms with E-state index in [1.807, 2.05) is 45.0 Å². The molecule has 2 aliphatic heterocycles. The van der Waals surface area contributed by atoms with Gasteiger partial charge in [0.15, 0.2) is 0 Å². The van der Waals surface area contributed by atoms with Crippen molar-refractivity contribution in [3.63, 3.8) is 0 Å². The fourth-order valence-corrected chi connectivity index (χ4v) is 6.58. The summed E-state index contributed by atoms with van der Waals surface area (Å²) in [6, 6.07) is 8.08. The fraction of sp³-hybridized carbons (Fsp3) is 0.594. The molecule has 2 fully saturated rings. The Balaban J connectivity index is 1.59. The number of benzene rings is 2. The Morgan fingerprint density at radius 3 is 2.46 bits per heavy atom. The number of methoxy groups -OCH3 is 2. The number of amides is 2. The van der Waals surface area contributed by atoms with E-state index in [0.717, 1.165) is 66.2 Å². The highest BCUT2D eigenvalue weighted by Crippen LogP contribution is 2.53. The summed E-state index contributed by atoms with van der Waals surface area (Å²) in [5.74, 6) is -0.735. The first-order valence-electron chi connectivity index (χ1n) is 14.5. The monoisotopic (exact) mass is 566 g/mol. The molecule has 5 rings (SSSR count). The van der Waals surface area contributed by atoms with E-state index in [2.05, 4.69) is 11.4 Å². The zero-order valence-electron chi connectivity index (χ0n) is 24.7. The van der Waals surface area contributed by atoms with Crippen molar-refractivity contribution in [2.45, 2.75) is 83.4 Å². The van der Waals surface area contributed by atoms with Gasteiger partial charge in [-0.2, -0.15) is 0 Å². The molecule has 0 aromatic heterocycles. The number of nitrogens with zero attached hydrogens (tertiary/aromatic N) is 1. The number of cyclic esters (lactones) is 1. The second-order valence-electron chi connectivity index (χ2n) is 13.1. The van der Waals surface area contributed by atoms with Crippen molar-refractivity contribution >= 4 is 28.7 Å². The number of carbonyl (C=O) groups is 3. The molecule has 2 N–H and O–H groups in total. The lowest BCUT2D eigenvalue weighted by molar-refractivity contribution is -0.150. The van der Waals surface area contributed by atoms with E-state index >= 15 is 0 Å². The molecular weight excluding hydrogens is 524 g/mol. The minimum atomic E-state index is -1.12. The Kier molecular flexibility index (Phi) is 7.70. The van der Waals surface area contributed by atoms with E-state index in [9.17, 15) is 19.5 Å². The van der Waals surface area contributed by atoms with Gasteiger partial charge in [-0.25, -0.2) is 9.59 Å². The van der Waals surface area contributed by atoms with Crippen LogP contribution in [0.1, 0.15) is 70.4 Å². The first-order chi connectivity index (χ1) is 19.4. The lowest BCUT2D eigenvalue weighted by atomic mass is 9.85. The molecule has 2 aromatic rings. The SMILES string of the molecule is COc1cc2ccc3cc2cc1CCCC1(CCOC(=O)N[C@@H](C(C)(C)C)C(=O)N2C[C@@]3(OC)C[C@H]2C(=O)O)CC1. The molecule has 3 atom stereocenters. The highest BCUT2D eigenvalue weighted by molar-refractivity contribution is 5.91. The van der Waals surface area contributed by atoms with Crippen LogP contribution in [-0.4, -0.2) is 67.4 Å². The van der Waals surface area contributed by atoms with E-state index in [4.69, 9.17) is 14.2 Å². The van der Waals surface area contributed by atoms with E-state index in [1.54, 1.807) is 14.2 Å². The molecule has 2 aromatic carbocycles. The van der Waals surface area contributed by atoms with Gasteiger partial charge in [0, 0.05) is 13.5 Å². The average Bonchev–Trinajstić information content (AvgIpc) is 3.57. The third kappa shape index (κ3) is 5.73. The van der Waals surface area contributed by atoms with Gasteiger partial charge in [-0.05, 0) is 89.5 Å². The second-order valence-corrected chi connectivity index (χ2v) is 13.1. The predicted molar refractivity (Wildman–Crippen MR) is 154 cm³/mol. The number of carboxylic acids is 1. The zero-order chi connectivity index (χ0) is 29.6. The summed E-state index contributed by atoms with van der Waals surface area (Å²) in [6.45, 7) is 5.84. The van der Waals surface area contributed by atoms with Crippen molar-refractivity contribution in [1.82, 2.24) is 10.2 Å². The van der Waals surface area contributed by atoms with Crippen LogP contribution in [0.2, 0.25) is 0 Å². The smallest absolute Gasteiger partial charge is 0.407 e. The molecule has 2 amide bonds. The summed E-state index contributed by atoms with van der Waals surface area (Å²) in [6.07, 6.45) is 5.32. The molecule has 5 bridgehead atoms. The molecule has 1 aliphatic carbocycles. The summed E-state index contributed by atoms with van der Waals surface area (Å²) < 4.78 is 17.4. The third-order valence-corrected chi connectivity index (χ3v) is 9.40. The molecule has 2 heterocycles. The molecular formula is C32H42N2O7. The number of ether oxygens (including phenoxy) is 3. The fourth-order valence-electron chi connectivity index (χ4n) is 6.58. The number of aryl methyl sites for hydroxylation is 1. The van der Waals surface area contributed by atoms with Crippen LogP contribution in [0.3, 0.4) is 0 Å². The molecule has 3 aliphatic rings. The molecule has 41 heavy (non-hydrogen) atoms. The van der Waals surface area contributed by atoms with Crippen molar-refractivity contribution in [3.8, 4) is 5.75 Å². The molecule has 1 saturated carbocycles. The number of hydrogen-bond donors (Lipinski definition) is 2. The molecule has 1 spiro atoms. The standard InChI is InChI=1S/C32H42N2O7/c1-30(2,3)26-27(35)34-19-32(40-5,18-24(34)28(36)37)23-9-8-20-17-25(39-4)21(15-22(20)16-23)7-6-10-31(11-12-31)13-14-41-29(38)33-26/h8-9,15-17,24,26H,6-7,10-14,18-19H2,1-5H3,(H,33,38)(H,36,37)/t24-,26+,32-/m0/s1. The van der Waals surface area contributed by atoms with E-state index < -0.39 is 41.1 Å². The average molecular weight is 567 g/mol. The van der Waals surface area contributed by atoms with Gasteiger partial charge in [0.25, 0.3) is 0 Å². The van der Waals surface area contributed by atoms with Crippen molar-refractivity contribution in [3.05, 3.63) is 41.5 Å². The lowest BCUT2D eigenvalue weighted by Crippen LogP contribution is -2.57. The summed E-state index contributed by atoms with van der Waals surface area (Å²) in [4.78, 5) is 40.8. The van der Waals surface area contributed by atoms with Crippen molar-refractivity contribution in [2.24, 2.45) is 10.8 Å². The number of nitrogens with one attached hydrogen (secondary N) is 1. The second kappa shape index (κ2) is 10.8. The number of hydrogen-bond acceptors (Lipinski definition) is 6. The molecule has 9 heteroatoms. The van der Waals surface area contributed by atoms with Crippen molar-refractivity contribution in [2.75, 3.05) is 27.4 Å². The van der Waals surface area contributed by atoms with E-state index in [-0.39, 0.29) is 25.0 Å². The summed E-state index contributed by atoms with van der Waals surface area (Å²) >= 11 is 0. The number of fused-ring (bicyclic) bond motifs is 5. The summed E-state index contributed by atoms with van der Waals surface area (Å²) in [5.41, 5.74) is 0.389. The Bertz CT molecular complexity index is 1350. The van der Waals surface area contributed by atoms with Gasteiger partial charge in [-0.1, -0.05) is 32.9 Å². The summed E-state index contributed by atoms with van der Waals surface area (Å²) in [5, 5.41) is 15.0. The number of carbonyl (C=O) groups excluding carboxylic acids is 2. The number of carboxylic acid groups (broad SMARTS) is 1. The van der Waals surface area contributed by atoms with Crippen LogP contribution in [-0.2, 0) is 31.1 Å². The largest absolute Gasteiger partial charge is 0.496 e. The molecule has 222 valence electrons. The van der Waals surface area contributed by atoms with Crippen molar-refractivity contribution < 1.29 is 33.7 Å². The lowest BCUT2D eigenvalue weighted by Gasteiger charge is -2.35. The highest BCUT2D eigenvalue weighted by Gasteiger charge is 2.53. The first-order valence-corrected chi connectivity index (χ1v) is 14.5. The van der Waals surface area contributed by atoms with Gasteiger partial charge in [0.05, 0.1) is 20.3 Å². The topological polar surface area (TPSA) is 114 Å². The Morgan fingerprint density at radius 2 is 1.83 bits per heavy atom. The zero-order valence-corrected chi connectivity index (χ0v) is 24.7. The predicted octanol–water partition coefficient (Wildman–Crippen LogP) is 5.02. The van der Waals surface area contributed by atoms with E-state index in [1.165, 1.54) is 4.90 Å². The Morgan fingerprint density at radius 1 is 1.07 bits per heavy atom. The normalized spacial score (nSPS) is 26.8. The minimum Gasteiger partial charge on any atom is -0.496 e. The van der Waals surface area contributed by atoms with Gasteiger partial charge in [-0.15, -0.1) is 0 Å². The summed E-state index contributed by atoms with van der Waals surface area (Å²) in [7, 11) is 3.24. The van der Waals surface area contributed by atoms with Crippen LogP contribution in [0.5, 0.6) is 5.75 Å². The maximum Gasteiger partial charge on any atom is 0.407 e. The van der Waals surface area contributed by atoms with Gasteiger partial charge in [0.2, 0.25) is 5.91 Å².